The molecule has 1 aromatic heterocycles. The van der Waals surface area contributed by atoms with Gasteiger partial charge in [0.25, 0.3) is 0 Å². The standard InChI is InChI=1S/C16H20ClN3O2/c1-4-12-8-6-7-9-14(12)20(16(21)13(17)5-2)10-15-19-18-11(3)22-15/h6-9,13H,4-5,10H2,1-3H3. The lowest BCUT2D eigenvalue weighted by atomic mass is 10.1. The molecule has 22 heavy (non-hydrogen) atoms. The molecule has 2 aromatic rings. The fraction of sp³-hybridized carbons (Fsp3) is 0.438. The molecule has 0 aliphatic rings. The van der Waals surface area contributed by atoms with Crippen molar-refractivity contribution in [2.24, 2.45) is 0 Å². The summed E-state index contributed by atoms with van der Waals surface area (Å²) in [5.41, 5.74) is 1.91. The zero-order valence-corrected chi connectivity index (χ0v) is 13.8. The van der Waals surface area contributed by atoms with Gasteiger partial charge in [-0.3, -0.25) is 4.79 Å². The minimum atomic E-state index is -0.575. The van der Waals surface area contributed by atoms with Crippen molar-refractivity contribution in [1.82, 2.24) is 10.2 Å². The second kappa shape index (κ2) is 7.40. The number of benzene rings is 1. The van der Waals surface area contributed by atoms with E-state index in [1.54, 1.807) is 11.8 Å². The molecular weight excluding hydrogens is 302 g/mol. The fourth-order valence-electron chi connectivity index (χ4n) is 2.24. The molecule has 1 heterocycles. The highest BCUT2D eigenvalue weighted by Crippen LogP contribution is 2.25. The van der Waals surface area contributed by atoms with E-state index < -0.39 is 5.38 Å². The number of hydrogen-bond donors (Lipinski definition) is 0. The summed E-state index contributed by atoms with van der Waals surface area (Å²) < 4.78 is 5.41. The number of aryl methyl sites for hydroxylation is 2. The van der Waals surface area contributed by atoms with Crippen molar-refractivity contribution in [3.05, 3.63) is 41.6 Å². The molecule has 1 atom stereocenters. The van der Waals surface area contributed by atoms with Crippen molar-refractivity contribution in [3.63, 3.8) is 0 Å². The lowest BCUT2D eigenvalue weighted by Crippen LogP contribution is -2.37. The van der Waals surface area contributed by atoms with E-state index in [0.29, 0.717) is 18.2 Å². The summed E-state index contributed by atoms with van der Waals surface area (Å²) in [6.45, 7) is 5.88. The van der Waals surface area contributed by atoms with Gasteiger partial charge in [-0.2, -0.15) is 0 Å². The summed E-state index contributed by atoms with van der Waals surface area (Å²) in [6, 6.07) is 7.78. The van der Waals surface area contributed by atoms with E-state index >= 15 is 0 Å². The number of para-hydroxylation sites is 1. The normalized spacial score (nSPS) is 12.2. The topological polar surface area (TPSA) is 59.2 Å². The van der Waals surface area contributed by atoms with Gasteiger partial charge in [0.05, 0.1) is 0 Å². The number of aromatic nitrogens is 2. The highest BCUT2D eigenvalue weighted by molar-refractivity contribution is 6.32. The molecular formula is C16H20ClN3O2. The third-order valence-electron chi connectivity index (χ3n) is 3.42. The minimum absolute atomic E-state index is 0.152. The molecule has 1 aromatic carbocycles. The van der Waals surface area contributed by atoms with Crippen molar-refractivity contribution in [2.75, 3.05) is 4.90 Å². The number of carbonyl (C=O) groups excluding carboxylic acids is 1. The van der Waals surface area contributed by atoms with E-state index in [1.807, 2.05) is 31.2 Å². The predicted molar refractivity (Wildman–Crippen MR) is 86.0 cm³/mol. The van der Waals surface area contributed by atoms with Crippen LogP contribution in [0.3, 0.4) is 0 Å². The van der Waals surface area contributed by atoms with Crippen LogP contribution in [-0.2, 0) is 17.8 Å². The smallest absolute Gasteiger partial charge is 0.245 e. The Morgan fingerprint density at radius 3 is 2.64 bits per heavy atom. The SMILES string of the molecule is CCc1ccccc1N(Cc1nnc(C)o1)C(=O)C(Cl)CC. The van der Waals surface area contributed by atoms with Crippen LogP contribution in [0, 0.1) is 6.92 Å². The van der Waals surface area contributed by atoms with Gasteiger partial charge in [-0.25, -0.2) is 0 Å². The molecule has 0 saturated carbocycles. The molecule has 2 rings (SSSR count). The van der Waals surface area contributed by atoms with E-state index in [0.717, 1.165) is 17.7 Å². The van der Waals surface area contributed by atoms with Crippen molar-refractivity contribution in [3.8, 4) is 0 Å². The Morgan fingerprint density at radius 1 is 1.32 bits per heavy atom. The second-order valence-electron chi connectivity index (χ2n) is 5.00. The fourth-order valence-corrected chi connectivity index (χ4v) is 2.35. The molecule has 0 N–H and O–H groups in total. The number of halogens is 1. The van der Waals surface area contributed by atoms with Crippen LogP contribution in [0.2, 0.25) is 0 Å². The number of rotatable bonds is 6. The molecule has 0 aliphatic carbocycles. The van der Waals surface area contributed by atoms with Crippen LogP contribution in [-0.4, -0.2) is 21.5 Å². The van der Waals surface area contributed by atoms with E-state index in [1.165, 1.54) is 0 Å². The molecule has 6 heteroatoms. The van der Waals surface area contributed by atoms with E-state index in [-0.39, 0.29) is 12.5 Å². The first-order valence-electron chi connectivity index (χ1n) is 7.39. The van der Waals surface area contributed by atoms with Gasteiger partial charge in [0.2, 0.25) is 17.7 Å². The van der Waals surface area contributed by atoms with Crippen LogP contribution >= 0.6 is 11.6 Å². The molecule has 1 amide bonds. The number of hydrogen-bond acceptors (Lipinski definition) is 4. The number of anilines is 1. The lowest BCUT2D eigenvalue weighted by molar-refractivity contribution is -0.118. The van der Waals surface area contributed by atoms with Gasteiger partial charge in [-0.15, -0.1) is 21.8 Å². The van der Waals surface area contributed by atoms with Crippen LogP contribution in [0.1, 0.15) is 37.6 Å². The van der Waals surface area contributed by atoms with Crippen LogP contribution in [0.5, 0.6) is 0 Å². The van der Waals surface area contributed by atoms with Crippen molar-refractivity contribution >= 4 is 23.2 Å². The first-order chi connectivity index (χ1) is 10.6. The Bertz CT molecular complexity index is 642. The summed E-state index contributed by atoms with van der Waals surface area (Å²) in [6.07, 6.45) is 1.38. The van der Waals surface area contributed by atoms with Gasteiger partial charge in [0, 0.05) is 12.6 Å². The summed E-state index contributed by atoms with van der Waals surface area (Å²) >= 11 is 6.17. The molecule has 0 saturated heterocycles. The number of amides is 1. The van der Waals surface area contributed by atoms with E-state index in [9.17, 15) is 4.79 Å². The number of alkyl halides is 1. The summed E-state index contributed by atoms with van der Waals surface area (Å²) in [4.78, 5) is 14.3. The Kier molecular flexibility index (Phi) is 5.55. The van der Waals surface area contributed by atoms with Gasteiger partial charge in [-0.05, 0) is 24.5 Å². The molecule has 0 aliphatic heterocycles. The number of carbonyl (C=O) groups is 1. The third-order valence-corrected chi connectivity index (χ3v) is 3.91. The molecule has 0 bridgehead atoms. The Hall–Kier alpha value is -1.88. The largest absolute Gasteiger partial charge is 0.424 e. The van der Waals surface area contributed by atoms with Crippen LogP contribution in [0.4, 0.5) is 5.69 Å². The lowest BCUT2D eigenvalue weighted by Gasteiger charge is -2.25. The molecule has 0 radical (unpaired) electrons. The van der Waals surface area contributed by atoms with Crippen LogP contribution in [0.25, 0.3) is 0 Å². The molecule has 0 spiro atoms. The molecule has 0 fully saturated rings. The van der Waals surface area contributed by atoms with Gasteiger partial charge >= 0.3 is 0 Å². The molecule has 5 nitrogen and oxygen atoms in total. The maximum atomic E-state index is 12.7. The monoisotopic (exact) mass is 321 g/mol. The Balaban J connectivity index is 2.38. The maximum absolute atomic E-state index is 12.7. The van der Waals surface area contributed by atoms with Crippen molar-refractivity contribution in [1.29, 1.82) is 0 Å². The Morgan fingerprint density at radius 2 is 2.05 bits per heavy atom. The summed E-state index contributed by atoms with van der Waals surface area (Å²) in [5.74, 6) is 0.724. The van der Waals surface area contributed by atoms with Gasteiger partial charge < -0.3 is 9.32 Å². The van der Waals surface area contributed by atoms with Crippen LogP contribution in [0.15, 0.2) is 28.7 Å². The first-order valence-corrected chi connectivity index (χ1v) is 7.82. The average molecular weight is 322 g/mol. The quantitative estimate of drug-likeness (QED) is 0.764. The van der Waals surface area contributed by atoms with Gasteiger partial charge in [0.15, 0.2) is 0 Å². The first kappa shape index (κ1) is 16.5. The third kappa shape index (κ3) is 3.65. The summed E-state index contributed by atoms with van der Waals surface area (Å²) in [7, 11) is 0. The van der Waals surface area contributed by atoms with E-state index in [2.05, 4.69) is 17.1 Å². The van der Waals surface area contributed by atoms with Crippen LogP contribution < -0.4 is 4.90 Å². The van der Waals surface area contributed by atoms with Crippen molar-refractivity contribution in [2.45, 2.75) is 45.5 Å². The number of nitrogens with zero attached hydrogens (tertiary/aromatic N) is 3. The molecule has 1 unspecified atom stereocenters. The predicted octanol–water partition coefficient (Wildman–Crippen LogP) is 3.49. The highest BCUT2D eigenvalue weighted by Gasteiger charge is 2.25. The zero-order valence-electron chi connectivity index (χ0n) is 13.0. The zero-order chi connectivity index (χ0) is 16.1. The summed E-state index contributed by atoms with van der Waals surface area (Å²) in [5, 5.41) is 7.22. The average Bonchev–Trinajstić information content (AvgIpc) is 2.96. The van der Waals surface area contributed by atoms with E-state index in [4.69, 9.17) is 16.0 Å². The van der Waals surface area contributed by atoms with Crippen molar-refractivity contribution < 1.29 is 9.21 Å². The maximum Gasteiger partial charge on any atom is 0.245 e. The van der Waals surface area contributed by atoms with Gasteiger partial charge in [-0.1, -0.05) is 32.0 Å². The molecule has 118 valence electrons. The van der Waals surface area contributed by atoms with Gasteiger partial charge in [0.1, 0.15) is 11.9 Å². The highest BCUT2D eigenvalue weighted by atomic mass is 35.5. The second-order valence-corrected chi connectivity index (χ2v) is 5.52. The Labute approximate surface area is 135 Å². The minimum Gasteiger partial charge on any atom is -0.424 e.